The lowest BCUT2D eigenvalue weighted by Gasteiger charge is -2.22. The van der Waals surface area contributed by atoms with Crippen LogP contribution in [0.4, 0.5) is 5.69 Å². The van der Waals surface area contributed by atoms with Gasteiger partial charge < -0.3 is 4.74 Å². The highest BCUT2D eigenvalue weighted by Gasteiger charge is 2.27. The number of benzene rings is 1. The number of hydrogen-bond donors (Lipinski definition) is 1. The molecule has 164 valence electrons. The van der Waals surface area contributed by atoms with E-state index in [1.807, 2.05) is 0 Å². The van der Waals surface area contributed by atoms with Crippen LogP contribution in [0, 0.1) is 0 Å². The van der Waals surface area contributed by atoms with Gasteiger partial charge in [-0.15, -0.1) is 11.3 Å². The van der Waals surface area contributed by atoms with Gasteiger partial charge in [0.2, 0.25) is 21.7 Å². The number of carbonyl (C=O) groups is 3. The number of ether oxygens (including phenoxy) is 1. The summed E-state index contributed by atoms with van der Waals surface area (Å²) < 4.78 is 29.7. The number of hydrazone groups is 1. The van der Waals surface area contributed by atoms with Crippen LogP contribution in [0.5, 0.6) is 0 Å². The second-order valence-electron chi connectivity index (χ2n) is 6.77. The normalized spacial score (nSPS) is 14.3. The number of esters is 1. The molecule has 2 heterocycles. The Morgan fingerprint density at radius 3 is 2.61 bits per heavy atom. The summed E-state index contributed by atoms with van der Waals surface area (Å²) in [5, 5.41) is 5.27. The third-order valence-electron chi connectivity index (χ3n) is 4.28. The second kappa shape index (κ2) is 9.94. The summed E-state index contributed by atoms with van der Waals surface area (Å²) in [7, 11) is -3.26. The van der Waals surface area contributed by atoms with Gasteiger partial charge in [-0.2, -0.15) is 5.10 Å². The number of ketones is 1. The zero-order chi connectivity index (χ0) is 22.4. The molecule has 0 aliphatic carbocycles. The maximum absolute atomic E-state index is 12.4. The molecule has 1 aliphatic heterocycles. The Balaban J connectivity index is 1.55. The van der Waals surface area contributed by atoms with E-state index in [0.717, 1.165) is 16.1 Å². The maximum atomic E-state index is 12.4. The number of rotatable bonds is 9. The summed E-state index contributed by atoms with van der Waals surface area (Å²) in [4.78, 5) is 38.1. The molecule has 0 saturated carbocycles. The topological polar surface area (TPSA) is 122 Å². The van der Waals surface area contributed by atoms with Crippen LogP contribution in [-0.4, -0.2) is 51.2 Å². The van der Waals surface area contributed by atoms with E-state index in [2.05, 4.69) is 9.82 Å². The minimum Gasteiger partial charge on any atom is -0.453 e. The molecule has 3 rings (SSSR count). The number of thiophene rings is 1. The van der Waals surface area contributed by atoms with Crippen LogP contribution in [0.1, 0.15) is 27.4 Å². The van der Waals surface area contributed by atoms with E-state index < -0.39 is 22.6 Å². The zero-order valence-corrected chi connectivity index (χ0v) is 18.4. The molecule has 1 amide bonds. The first kappa shape index (κ1) is 22.8. The fraction of sp³-hybridized carbons (Fsp3) is 0.300. The van der Waals surface area contributed by atoms with Gasteiger partial charge in [0.1, 0.15) is 5.71 Å². The highest BCUT2D eigenvalue weighted by Crippen LogP contribution is 2.21. The molecule has 1 N–H and O–H groups in total. The van der Waals surface area contributed by atoms with Crippen molar-refractivity contribution in [2.24, 2.45) is 5.10 Å². The fourth-order valence-corrected chi connectivity index (χ4v) is 4.18. The van der Waals surface area contributed by atoms with Crippen molar-refractivity contribution in [3.05, 3.63) is 52.2 Å². The van der Waals surface area contributed by atoms with Crippen molar-refractivity contribution in [1.29, 1.82) is 0 Å². The molecule has 0 atom stereocenters. The molecule has 2 aromatic rings. The summed E-state index contributed by atoms with van der Waals surface area (Å²) in [6.07, 6.45) is 1.79. The van der Waals surface area contributed by atoms with E-state index in [1.54, 1.807) is 42.5 Å². The van der Waals surface area contributed by atoms with E-state index in [4.69, 9.17) is 4.74 Å². The fourth-order valence-electron chi connectivity index (χ4n) is 2.78. The number of carbonyl (C=O) groups excluding carboxylic acids is 3. The number of nitrogens with zero attached hydrogens (tertiary/aromatic N) is 2. The van der Waals surface area contributed by atoms with E-state index in [1.165, 1.54) is 11.3 Å². The maximum Gasteiger partial charge on any atom is 0.354 e. The Labute approximate surface area is 183 Å². The van der Waals surface area contributed by atoms with Crippen molar-refractivity contribution >= 4 is 50.4 Å². The SMILES string of the molecule is CS(=O)(=O)NCCc1ccc(C(=O)COC(=O)C2=NN(c3ccccc3)C(=O)CC2)s1. The lowest BCUT2D eigenvalue weighted by Crippen LogP contribution is -2.35. The van der Waals surface area contributed by atoms with Crippen LogP contribution in [0.25, 0.3) is 0 Å². The molecular formula is C20H21N3O6S2. The predicted molar refractivity (Wildman–Crippen MR) is 117 cm³/mol. The smallest absolute Gasteiger partial charge is 0.354 e. The summed E-state index contributed by atoms with van der Waals surface area (Å²) in [6, 6.07) is 12.1. The van der Waals surface area contributed by atoms with Gasteiger partial charge in [-0.1, -0.05) is 18.2 Å². The molecule has 1 aliphatic rings. The molecule has 0 fully saturated rings. The molecule has 0 unspecified atom stereocenters. The van der Waals surface area contributed by atoms with Gasteiger partial charge in [0.25, 0.3) is 0 Å². The number of Topliss-reactive ketones (excluding diaryl/α,β-unsaturated/α-hetero) is 1. The van der Waals surface area contributed by atoms with Gasteiger partial charge in [-0.25, -0.2) is 22.9 Å². The van der Waals surface area contributed by atoms with E-state index in [-0.39, 0.29) is 36.8 Å². The van der Waals surface area contributed by atoms with Crippen molar-refractivity contribution in [2.75, 3.05) is 24.4 Å². The Morgan fingerprint density at radius 1 is 1.16 bits per heavy atom. The molecule has 31 heavy (non-hydrogen) atoms. The van der Waals surface area contributed by atoms with Gasteiger partial charge in [-0.3, -0.25) is 9.59 Å². The van der Waals surface area contributed by atoms with Gasteiger partial charge in [0, 0.05) is 24.3 Å². The van der Waals surface area contributed by atoms with Gasteiger partial charge in [0.05, 0.1) is 16.8 Å². The zero-order valence-electron chi connectivity index (χ0n) is 16.7. The average molecular weight is 464 g/mol. The molecule has 1 aromatic carbocycles. The largest absolute Gasteiger partial charge is 0.453 e. The van der Waals surface area contributed by atoms with Gasteiger partial charge in [0.15, 0.2) is 6.61 Å². The van der Waals surface area contributed by atoms with Crippen LogP contribution in [0.3, 0.4) is 0 Å². The van der Waals surface area contributed by atoms with E-state index in [9.17, 15) is 22.8 Å². The Morgan fingerprint density at radius 2 is 1.90 bits per heavy atom. The first-order chi connectivity index (χ1) is 14.7. The molecular weight excluding hydrogens is 442 g/mol. The Hall–Kier alpha value is -2.89. The van der Waals surface area contributed by atoms with Gasteiger partial charge >= 0.3 is 5.97 Å². The van der Waals surface area contributed by atoms with Crippen LogP contribution < -0.4 is 9.73 Å². The summed E-state index contributed by atoms with van der Waals surface area (Å²) in [6.45, 7) is -0.211. The second-order valence-corrected chi connectivity index (χ2v) is 9.77. The number of amides is 1. The molecule has 0 radical (unpaired) electrons. The standard InChI is InChI=1S/C20H21N3O6S2/c1-31(27,28)21-12-11-15-7-9-18(30-15)17(24)13-29-20(26)16-8-10-19(25)23(22-16)14-5-3-2-4-6-14/h2-7,9,21H,8,10-13H2,1H3. The van der Waals surface area contributed by atoms with Crippen LogP contribution in [0.15, 0.2) is 47.6 Å². The van der Waals surface area contributed by atoms with Crippen molar-refractivity contribution in [2.45, 2.75) is 19.3 Å². The summed E-state index contributed by atoms with van der Waals surface area (Å²) >= 11 is 1.22. The Bertz CT molecular complexity index is 1110. The molecule has 0 bridgehead atoms. The van der Waals surface area contributed by atoms with E-state index >= 15 is 0 Å². The predicted octanol–water partition coefficient (Wildman–Crippen LogP) is 1.75. The van der Waals surface area contributed by atoms with Crippen molar-refractivity contribution in [1.82, 2.24) is 4.72 Å². The minimum absolute atomic E-state index is 0.0787. The molecule has 0 spiro atoms. The molecule has 11 heteroatoms. The van der Waals surface area contributed by atoms with Crippen LogP contribution >= 0.6 is 11.3 Å². The first-order valence-corrected chi connectivity index (χ1v) is 12.1. The number of nitrogens with one attached hydrogen (secondary N) is 1. The third-order valence-corrected chi connectivity index (χ3v) is 6.19. The van der Waals surface area contributed by atoms with Crippen LogP contribution in [-0.2, 0) is 30.8 Å². The van der Waals surface area contributed by atoms with Gasteiger partial charge in [-0.05, 0) is 30.7 Å². The average Bonchev–Trinajstić information content (AvgIpc) is 3.21. The number of sulfonamides is 1. The summed E-state index contributed by atoms with van der Waals surface area (Å²) in [5.74, 6) is -1.33. The quantitative estimate of drug-likeness (QED) is 0.447. The molecule has 0 saturated heterocycles. The Kier molecular flexibility index (Phi) is 7.31. The lowest BCUT2D eigenvalue weighted by atomic mass is 10.1. The van der Waals surface area contributed by atoms with Crippen molar-refractivity contribution < 1.29 is 27.5 Å². The highest BCUT2D eigenvalue weighted by atomic mass is 32.2. The van der Waals surface area contributed by atoms with Crippen molar-refractivity contribution in [3.8, 4) is 0 Å². The minimum atomic E-state index is -3.26. The molecule has 1 aromatic heterocycles. The monoisotopic (exact) mass is 463 g/mol. The lowest BCUT2D eigenvalue weighted by molar-refractivity contribution is -0.134. The summed E-state index contributed by atoms with van der Waals surface area (Å²) in [5.41, 5.74) is 0.625. The number of hydrogen-bond acceptors (Lipinski definition) is 8. The number of para-hydroxylation sites is 1. The van der Waals surface area contributed by atoms with E-state index in [0.29, 0.717) is 17.0 Å². The highest BCUT2D eigenvalue weighted by molar-refractivity contribution is 7.88. The molecule has 9 nitrogen and oxygen atoms in total. The number of anilines is 1. The third kappa shape index (κ3) is 6.54. The van der Waals surface area contributed by atoms with Crippen LogP contribution in [0.2, 0.25) is 0 Å². The first-order valence-electron chi connectivity index (χ1n) is 9.42. The van der Waals surface area contributed by atoms with Crippen molar-refractivity contribution in [3.63, 3.8) is 0 Å².